The van der Waals surface area contributed by atoms with E-state index in [2.05, 4.69) is 37.2 Å². The standard InChI is InChI=1S/C18H22N5O2/c1-12-10-22(11-13(2)23(12)17(24)25-18(3,4)5)16-14-6-9-20-21-15(14)7-8-19-16/h7,12-13H,10-11H2,1-5H3/q+1/t12-,13+. The van der Waals surface area contributed by atoms with Gasteiger partial charge in [-0.15, -0.1) is 5.10 Å². The minimum Gasteiger partial charge on any atom is -0.444 e. The van der Waals surface area contributed by atoms with Crippen molar-refractivity contribution in [2.75, 3.05) is 13.1 Å². The molecule has 3 rings (SSSR count). The van der Waals surface area contributed by atoms with Gasteiger partial charge in [0.2, 0.25) is 0 Å². The van der Waals surface area contributed by atoms with Gasteiger partial charge < -0.3 is 4.74 Å². The fraction of sp³-hybridized carbons (Fsp3) is 0.556. The molecule has 0 radical (unpaired) electrons. The van der Waals surface area contributed by atoms with Crippen LogP contribution >= 0.6 is 0 Å². The largest absolute Gasteiger partial charge is 0.444 e. The third-order valence-electron chi connectivity index (χ3n) is 4.06. The smallest absolute Gasteiger partial charge is 0.411 e. The van der Waals surface area contributed by atoms with Gasteiger partial charge in [0.05, 0.1) is 24.0 Å². The Kier molecular flexibility index (Phi) is 4.26. The van der Waals surface area contributed by atoms with Crippen LogP contribution in [0.2, 0.25) is 0 Å². The fourth-order valence-electron chi connectivity index (χ4n) is 3.15. The molecule has 7 nitrogen and oxygen atoms in total. The second-order valence-electron chi connectivity index (χ2n) is 7.40. The van der Waals surface area contributed by atoms with Gasteiger partial charge in [0, 0.05) is 0 Å². The molecule has 0 aromatic rings. The second kappa shape index (κ2) is 6.25. The number of amidine groups is 1. The van der Waals surface area contributed by atoms with E-state index in [0.29, 0.717) is 18.8 Å². The second-order valence-corrected chi connectivity index (χ2v) is 7.40. The molecule has 0 aromatic heterocycles. The van der Waals surface area contributed by atoms with Crippen molar-refractivity contribution < 1.29 is 9.53 Å². The lowest BCUT2D eigenvalue weighted by Crippen LogP contribution is -2.61. The Morgan fingerprint density at radius 1 is 1.32 bits per heavy atom. The number of fused-ring (bicyclic) bond motifs is 1. The molecule has 3 aliphatic rings. The summed E-state index contributed by atoms with van der Waals surface area (Å²) in [6.07, 6.45) is 1.40. The summed E-state index contributed by atoms with van der Waals surface area (Å²) in [5.74, 6) is 6.24. The highest BCUT2D eigenvalue weighted by Crippen LogP contribution is 2.21. The third kappa shape index (κ3) is 3.51. The van der Waals surface area contributed by atoms with Crippen molar-refractivity contribution in [2.45, 2.75) is 52.3 Å². The zero-order valence-corrected chi connectivity index (χ0v) is 15.2. The van der Waals surface area contributed by atoms with Crippen molar-refractivity contribution in [2.24, 2.45) is 10.2 Å². The van der Waals surface area contributed by atoms with Crippen LogP contribution < -0.4 is 4.67 Å². The van der Waals surface area contributed by atoms with Crippen molar-refractivity contribution in [3.63, 3.8) is 0 Å². The molecular weight excluding hydrogens is 318 g/mol. The average molecular weight is 340 g/mol. The number of amides is 1. The number of hydrogen-bond acceptors (Lipinski definition) is 5. The van der Waals surface area contributed by atoms with Crippen molar-refractivity contribution in [3.05, 3.63) is 17.4 Å². The zero-order chi connectivity index (χ0) is 18.2. The number of carbonyl (C=O) groups is 1. The van der Waals surface area contributed by atoms with E-state index in [1.807, 2.05) is 34.6 Å². The fourth-order valence-corrected chi connectivity index (χ4v) is 3.15. The van der Waals surface area contributed by atoms with E-state index in [-0.39, 0.29) is 18.2 Å². The zero-order valence-electron chi connectivity index (χ0n) is 15.2. The minimum absolute atomic E-state index is 0.0190. The maximum absolute atomic E-state index is 12.5. The van der Waals surface area contributed by atoms with Crippen molar-refractivity contribution in [3.8, 4) is 0 Å². The Labute approximate surface area is 147 Å². The Bertz CT molecular complexity index is 825. The molecule has 1 fully saturated rings. The SMILES string of the molecule is C[C@@H]1CN(C2=[N+]=C=CC3=NN=C=C=C32)C[C@H](C)N1C(=O)OC(C)(C)C. The Morgan fingerprint density at radius 2 is 2.00 bits per heavy atom. The van der Waals surface area contributed by atoms with E-state index in [0.717, 1.165) is 11.4 Å². The first-order chi connectivity index (χ1) is 11.8. The molecule has 0 N–H and O–H groups in total. The van der Waals surface area contributed by atoms with Crippen LogP contribution in [0.5, 0.6) is 0 Å². The van der Waals surface area contributed by atoms with Crippen LogP contribution in [0, 0.1) is 0 Å². The van der Waals surface area contributed by atoms with E-state index >= 15 is 0 Å². The van der Waals surface area contributed by atoms with Crippen LogP contribution in [0.4, 0.5) is 4.79 Å². The topological polar surface area (TPSA) is 71.6 Å². The molecule has 1 amide bonds. The van der Waals surface area contributed by atoms with Gasteiger partial charge in [0.15, 0.2) is 11.4 Å². The highest BCUT2D eigenvalue weighted by Gasteiger charge is 2.42. The van der Waals surface area contributed by atoms with Gasteiger partial charge in [-0.2, -0.15) is 4.67 Å². The quantitative estimate of drug-likeness (QED) is 0.490. The number of allylic oxidation sites excluding steroid dienone is 1. The molecule has 3 heterocycles. The van der Waals surface area contributed by atoms with Gasteiger partial charge in [-0.05, 0) is 40.3 Å². The van der Waals surface area contributed by atoms with Gasteiger partial charge in [-0.25, -0.2) is 9.69 Å². The van der Waals surface area contributed by atoms with Gasteiger partial charge >= 0.3 is 11.9 Å². The van der Waals surface area contributed by atoms with Crippen LogP contribution in [0.1, 0.15) is 34.6 Å². The van der Waals surface area contributed by atoms with Crippen LogP contribution in [0.3, 0.4) is 0 Å². The van der Waals surface area contributed by atoms with Crippen LogP contribution in [0.15, 0.2) is 27.6 Å². The first kappa shape index (κ1) is 17.0. The molecule has 3 aliphatic heterocycles. The number of ether oxygens (including phenoxy) is 1. The highest BCUT2D eigenvalue weighted by atomic mass is 16.6. The minimum atomic E-state index is -0.511. The first-order valence-corrected chi connectivity index (χ1v) is 8.35. The molecule has 2 atom stereocenters. The summed E-state index contributed by atoms with van der Waals surface area (Å²) in [7, 11) is 0. The normalized spacial score (nSPS) is 24.6. The molecule has 0 spiro atoms. The predicted molar refractivity (Wildman–Crippen MR) is 97.2 cm³/mol. The summed E-state index contributed by atoms with van der Waals surface area (Å²) in [4.78, 5) is 16.4. The Balaban J connectivity index is 1.81. The molecule has 0 bridgehead atoms. The summed E-state index contributed by atoms with van der Waals surface area (Å²) < 4.78 is 9.92. The predicted octanol–water partition coefficient (Wildman–Crippen LogP) is 1.14. The first-order valence-electron chi connectivity index (χ1n) is 8.35. The molecule has 0 aromatic carbocycles. The number of rotatable bonds is 0. The summed E-state index contributed by atoms with van der Waals surface area (Å²) in [6, 6.07) is -0.0381. The molecular formula is C18H22N5O2+. The molecule has 1 saturated heterocycles. The van der Waals surface area contributed by atoms with Crippen molar-refractivity contribution >= 4 is 29.4 Å². The molecule has 7 heteroatoms. The number of carbonyl (C=O) groups excluding carboxylic acids is 1. The molecule has 0 saturated carbocycles. The highest BCUT2D eigenvalue weighted by molar-refractivity contribution is 6.31. The van der Waals surface area contributed by atoms with Crippen LogP contribution in [-0.4, -0.2) is 70.0 Å². The molecule has 0 aliphatic carbocycles. The summed E-state index contributed by atoms with van der Waals surface area (Å²) in [5.41, 5.74) is 3.91. The van der Waals surface area contributed by atoms with E-state index in [1.165, 1.54) is 0 Å². The lowest BCUT2D eigenvalue weighted by atomic mass is 10.0. The lowest BCUT2D eigenvalue weighted by molar-refractivity contribution is -0.00622. The van der Waals surface area contributed by atoms with E-state index in [4.69, 9.17) is 4.74 Å². The summed E-state index contributed by atoms with van der Waals surface area (Å²) in [5, 5.41) is 7.77. The van der Waals surface area contributed by atoms with E-state index in [9.17, 15) is 4.79 Å². The van der Waals surface area contributed by atoms with Crippen LogP contribution in [-0.2, 0) is 4.74 Å². The summed E-state index contributed by atoms with van der Waals surface area (Å²) in [6.45, 7) is 10.9. The average Bonchev–Trinajstić information content (AvgIpc) is 2.52. The Morgan fingerprint density at radius 3 is 2.64 bits per heavy atom. The van der Waals surface area contributed by atoms with Gasteiger partial charge in [-0.3, -0.25) is 4.90 Å². The lowest BCUT2D eigenvalue weighted by Gasteiger charge is -2.41. The number of hydrogen-bond donors (Lipinski definition) is 0. The van der Waals surface area contributed by atoms with E-state index in [1.54, 1.807) is 11.0 Å². The molecule has 0 unspecified atom stereocenters. The molecule has 130 valence electrons. The van der Waals surface area contributed by atoms with Gasteiger partial charge in [0.1, 0.15) is 24.4 Å². The molecule has 25 heavy (non-hydrogen) atoms. The van der Waals surface area contributed by atoms with Crippen molar-refractivity contribution in [1.82, 2.24) is 14.5 Å². The number of nitrogens with zero attached hydrogens (tertiary/aromatic N) is 5. The summed E-state index contributed by atoms with van der Waals surface area (Å²) >= 11 is 0. The Hall–Kier alpha value is -2.80. The van der Waals surface area contributed by atoms with Gasteiger partial charge in [0.25, 0.3) is 0 Å². The van der Waals surface area contributed by atoms with Crippen molar-refractivity contribution in [1.29, 1.82) is 0 Å². The van der Waals surface area contributed by atoms with E-state index < -0.39 is 5.60 Å². The maximum Gasteiger partial charge on any atom is 0.411 e. The number of piperazine rings is 1. The maximum atomic E-state index is 12.5. The monoisotopic (exact) mass is 340 g/mol. The van der Waals surface area contributed by atoms with Gasteiger partial charge in [-0.1, -0.05) is 5.10 Å². The third-order valence-corrected chi connectivity index (χ3v) is 4.06. The van der Waals surface area contributed by atoms with Crippen LogP contribution in [0.25, 0.3) is 0 Å².